The van der Waals surface area contributed by atoms with Crippen LogP contribution in [-0.4, -0.2) is 40.5 Å². The summed E-state index contributed by atoms with van der Waals surface area (Å²) in [6.07, 6.45) is 0.136. The number of carbonyl (C=O) groups excluding carboxylic acids is 1. The highest BCUT2D eigenvalue weighted by atomic mass is 35.5. The number of amides is 1. The van der Waals surface area contributed by atoms with E-state index < -0.39 is 17.2 Å². The largest absolute Gasteiger partial charge is 0.379 e. The lowest BCUT2D eigenvalue weighted by atomic mass is 9.72. The minimum atomic E-state index is -0.658. The summed E-state index contributed by atoms with van der Waals surface area (Å²) >= 11 is 0. The normalized spacial score (nSPS) is 26.4. The maximum Gasteiger partial charge on any atom is 0.226 e. The minimum Gasteiger partial charge on any atom is -0.379 e. The molecule has 0 aromatic heterocycles. The molecular weight excluding hydrogens is 340 g/mol. The van der Waals surface area contributed by atoms with Gasteiger partial charge in [-0.3, -0.25) is 4.79 Å². The Bertz CT molecular complexity index is 577. The Morgan fingerprint density at radius 2 is 1.84 bits per heavy atom. The molecule has 3 atom stereocenters. The van der Waals surface area contributed by atoms with Gasteiger partial charge in [0.15, 0.2) is 0 Å². The Morgan fingerprint density at radius 3 is 2.36 bits per heavy atom. The second-order valence-electron chi connectivity index (χ2n) is 7.89. The van der Waals surface area contributed by atoms with Crippen LogP contribution in [-0.2, 0) is 9.53 Å². The van der Waals surface area contributed by atoms with Crippen LogP contribution in [0.15, 0.2) is 30.3 Å². The quantitative estimate of drug-likeness (QED) is 0.850. The van der Waals surface area contributed by atoms with E-state index in [0.29, 0.717) is 6.42 Å². The van der Waals surface area contributed by atoms with E-state index in [4.69, 9.17) is 4.74 Å². The summed E-state index contributed by atoms with van der Waals surface area (Å²) in [7, 11) is 1.60. The maximum absolute atomic E-state index is 12.9. The minimum absolute atomic E-state index is 0. The van der Waals surface area contributed by atoms with Gasteiger partial charge in [0, 0.05) is 12.6 Å². The highest BCUT2D eigenvalue weighted by Crippen LogP contribution is 2.41. The second kappa shape index (κ2) is 8.04. The number of ether oxygens (including phenoxy) is 1. The first-order chi connectivity index (χ1) is 11.1. The molecule has 0 bridgehead atoms. The third-order valence-corrected chi connectivity index (χ3v) is 5.15. The predicted octanol–water partition coefficient (Wildman–Crippen LogP) is 3.57. The Balaban J connectivity index is 0.00000312. The molecule has 1 heterocycles. The lowest BCUT2D eigenvalue weighted by Crippen LogP contribution is -2.68. The number of rotatable bonds is 4. The summed E-state index contributed by atoms with van der Waals surface area (Å²) < 4.78 is 5.63. The van der Waals surface area contributed by atoms with Crippen LogP contribution >= 0.6 is 12.4 Å². The van der Waals surface area contributed by atoms with Crippen molar-refractivity contribution in [2.75, 3.05) is 7.11 Å². The van der Waals surface area contributed by atoms with E-state index in [0.717, 1.165) is 5.56 Å². The van der Waals surface area contributed by atoms with Crippen molar-refractivity contribution in [2.45, 2.75) is 64.3 Å². The molecule has 1 saturated heterocycles. The number of methoxy groups -OCH3 is 1. The van der Waals surface area contributed by atoms with E-state index >= 15 is 0 Å². The maximum atomic E-state index is 12.9. The van der Waals surface area contributed by atoms with Crippen LogP contribution in [0.25, 0.3) is 0 Å². The Morgan fingerprint density at radius 1 is 1.28 bits per heavy atom. The zero-order valence-electron chi connectivity index (χ0n) is 15.9. The van der Waals surface area contributed by atoms with Crippen molar-refractivity contribution >= 4 is 18.3 Å². The molecule has 142 valence electrons. The molecule has 25 heavy (non-hydrogen) atoms. The van der Waals surface area contributed by atoms with Crippen molar-refractivity contribution in [2.24, 2.45) is 5.92 Å². The van der Waals surface area contributed by atoms with Gasteiger partial charge in [-0.15, -0.1) is 12.4 Å². The summed E-state index contributed by atoms with van der Waals surface area (Å²) in [6.45, 7) is 9.68. The first-order valence-corrected chi connectivity index (χ1v) is 8.48. The average Bonchev–Trinajstić information content (AvgIpc) is 2.53. The standard InChI is InChI=1S/C19H30N2O3.ClH/c1-13(14-10-8-7-9-11-14)20-17(22)15-12-18(2,3)21(23)19(4,5)16(15)24-6;/h7-11,13,15-16,23H,12H2,1-6H3,(H,20,22);1H. The number of hydrogen-bond acceptors (Lipinski definition) is 4. The topological polar surface area (TPSA) is 61.8 Å². The molecular formula is C19H31ClN2O3. The number of nitrogens with one attached hydrogen (secondary N) is 1. The van der Waals surface area contributed by atoms with Gasteiger partial charge in [0.05, 0.1) is 23.6 Å². The zero-order valence-corrected chi connectivity index (χ0v) is 16.8. The van der Waals surface area contributed by atoms with E-state index in [1.54, 1.807) is 7.11 Å². The second-order valence-corrected chi connectivity index (χ2v) is 7.89. The van der Waals surface area contributed by atoms with Crippen molar-refractivity contribution in [1.82, 2.24) is 10.4 Å². The highest BCUT2D eigenvalue weighted by molar-refractivity contribution is 5.85. The van der Waals surface area contributed by atoms with Crippen molar-refractivity contribution in [3.63, 3.8) is 0 Å². The van der Waals surface area contributed by atoms with Gasteiger partial charge in [0.2, 0.25) is 5.91 Å². The number of benzene rings is 1. The van der Waals surface area contributed by atoms with Crippen LogP contribution in [0.4, 0.5) is 0 Å². The van der Waals surface area contributed by atoms with Gasteiger partial charge in [0.25, 0.3) is 0 Å². The molecule has 0 aliphatic carbocycles. The summed E-state index contributed by atoms with van der Waals surface area (Å²) in [5.74, 6) is -0.359. The molecule has 0 saturated carbocycles. The van der Waals surface area contributed by atoms with E-state index in [9.17, 15) is 10.0 Å². The van der Waals surface area contributed by atoms with Crippen LogP contribution in [0, 0.1) is 5.92 Å². The highest BCUT2D eigenvalue weighted by Gasteiger charge is 2.54. The summed E-state index contributed by atoms with van der Waals surface area (Å²) in [6, 6.07) is 9.82. The number of hydrogen-bond donors (Lipinski definition) is 2. The van der Waals surface area contributed by atoms with Crippen molar-refractivity contribution in [1.29, 1.82) is 0 Å². The fraction of sp³-hybridized carbons (Fsp3) is 0.632. The van der Waals surface area contributed by atoms with Crippen molar-refractivity contribution < 1.29 is 14.7 Å². The molecule has 3 unspecified atom stereocenters. The lowest BCUT2D eigenvalue weighted by Gasteiger charge is -2.54. The molecule has 6 heteroatoms. The molecule has 1 aliphatic rings. The van der Waals surface area contributed by atoms with Crippen LogP contribution in [0.5, 0.6) is 0 Å². The predicted molar refractivity (Wildman–Crippen MR) is 101 cm³/mol. The molecule has 1 aliphatic heterocycles. The zero-order chi connectivity index (χ0) is 18.1. The molecule has 2 N–H and O–H groups in total. The number of piperidine rings is 1. The fourth-order valence-corrected chi connectivity index (χ4v) is 3.95. The molecule has 0 radical (unpaired) electrons. The van der Waals surface area contributed by atoms with Gasteiger partial charge in [-0.25, -0.2) is 0 Å². The number of nitrogens with zero attached hydrogens (tertiary/aromatic N) is 1. The van der Waals surface area contributed by atoms with E-state index in [-0.39, 0.29) is 30.3 Å². The van der Waals surface area contributed by atoms with Crippen LogP contribution in [0.3, 0.4) is 0 Å². The van der Waals surface area contributed by atoms with Gasteiger partial charge in [-0.2, -0.15) is 5.06 Å². The molecule has 0 spiro atoms. The van der Waals surface area contributed by atoms with Crippen molar-refractivity contribution in [3.8, 4) is 0 Å². The van der Waals surface area contributed by atoms with Crippen LogP contribution < -0.4 is 5.32 Å². The molecule has 1 aromatic rings. The van der Waals surface area contributed by atoms with E-state index in [2.05, 4.69) is 5.32 Å². The number of halogens is 1. The van der Waals surface area contributed by atoms with Crippen LogP contribution in [0.2, 0.25) is 0 Å². The Hall–Kier alpha value is -1.14. The lowest BCUT2D eigenvalue weighted by molar-refractivity contribution is -0.283. The Kier molecular flexibility index (Phi) is 7.04. The summed E-state index contributed by atoms with van der Waals surface area (Å²) in [4.78, 5) is 12.9. The molecule has 2 rings (SSSR count). The van der Waals surface area contributed by atoms with Crippen LogP contribution in [0.1, 0.15) is 52.6 Å². The fourth-order valence-electron chi connectivity index (χ4n) is 3.95. The van der Waals surface area contributed by atoms with Gasteiger partial charge in [-0.05, 0) is 46.6 Å². The van der Waals surface area contributed by atoms with Gasteiger partial charge in [0.1, 0.15) is 0 Å². The number of hydroxylamine groups is 2. The number of carbonyl (C=O) groups is 1. The van der Waals surface area contributed by atoms with E-state index in [1.165, 1.54) is 5.06 Å². The average molecular weight is 371 g/mol. The summed E-state index contributed by atoms with van der Waals surface area (Å²) in [5.41, 5.74) is -0.0942. The SMILES string of the molecule is COC1C(C(=O)NC(C)c2ccccc2)CC(C)(C)N(O)C1(C)C.Cl. The van der Waals surface area contributed by atoms with Gasteiger partial charge >= 0.3 is 0 Å². The first-order valence-electron chi connectivity index (χ1n) is 8.48. The Labute approximate surface area is 157 Å². The first kappa shape index (κ1) is 21.9. The third kappa shape index (κ3) is 4.34. The summed E-state index contributed by atoms with van der Waals surface area (Å²) in [5, 5.41) is 15.0. The third-order valence-electron chi connectivity index (χ3n) is 5.15. The monoisotopic (exact) mass is 370 g/mol. The van der Waals surface area contributed by atoms with Gasteiger partial charge in [-0.1, -0.05) is 30.3 Å². The molecule has 5 nitrogen and oxygen atoms in total. The smallest absolute Gasteiger partial charge is 0.226 e. The van der Waals surface area contributed by atoms with E-state index in [1.807, 2.05) is 65.0 Å². The molecule has 1 amide bonds. The molecule has 1 fully saturated rings. The van der Waals surface area contributed by atoms with Gasteiger partial charge < -0.3 is 15.3 Å². The molecule has 1 aromatic carbocycles. The van der Waals surface area contributed by atoms with Crippen molar-refractivity contribution in [3.05, 3.63) is 35.9 Å².